The second-order valence-electron chi connectivity index (χ2n) is 1.82. The van der Waals surface area contributed by atoms with Crippen molar-refractivity contribution in [3.8, 4) is 0 Å². The van der Waals surface area contributed by atoms with E-state index in [-0.39, 0.29) is 5.56 Å². The highest BCUT2D eigenvalue weighted by Gasteiger charge is 1.97. The SMILES string of the molecule is O=c1[nH][c]nc2sccc12. The van der Waals surface area contributed by atoms with Crippen LogP contribution >= 0.6 is 11.3 Å². The van der Waals surface area contributed by atoms with Crippen molar-refractivity contribution in [3.05, 3.63) is 28.1 Å². The molecule has 49 valence electrons. The predicted molar refractivity (Wildman–Crippen MR) is 39.1 cm³/mol. The maximum atomic E-state index is 10.9. The normalized spacial score (nSPS) is 10.4. The van der Waals surface area contributed by atoms with Crippen molar-refractivity contribution in [2.75, 3.05) is 0 Å². The molecule has 3 nitrogen and oxygen atoms in total. The summed E-state index contributed by atoms with van der Waals surface area (Å²) in [5, 5.41) is 2.48. The second-order valence-corrected chi connectivity index (χ2v) is 2.71. The van der Waals surface area contributed by atoms with Gasteiger partial charge in [0.15, 0.2) is 6.33 Å². The lowest BCUT2D eigenvalue weighted by Gasteiger charge is -1.81. The number of aromatic amines is 1. The topological polar surface area (TPSA) is 45.8 Å². The third-order valence-electron chi connectivity index (χ3n) is 1.22. The Hall–Kier alpha value is -1.16. The molecule has 0 unspecified atom stereocenters. The van der Waals surface area contributed by atoms with Crippen LogP contribution in [0.15, 0.2) is 16.2 Å². The van der Waals surface area contributed by atoms with Gasteiger partial charge in [-0.05, 0) is 11.4 Å². The van der Waals surface area contributed by atoms with Crippen LogP contribution in [-0.4, -0.2) is 9.97 Å². The summed E-state index contributed by atoms with van der Waals surface area (Å²) in [5.41, 5.74) is -0.119. The molecule has 10 heavy (non-hydrogen) atoms. The lowest BCUT2D eigenvalue weighted by Crippen LogP contribution is -2.03. The van der Waals surface area contributed by atoms with E-state index in [4.69, 9.17) is 0 Å². The molecule has 1 N–H and O–H groups in total. The molecule has 0 saturated heterocycles. The molecule has 0 saturated carbocycles. The van der Waals surface area contributed by atoms with Crippen molar-refractivity contribution in [2.45, 2.75) is 0 Å². The zero-order chi connectivity index (χ0) is 6.97. The minimum absolute atomic E-state index is 0.119. The summed E-state index contributed by atoms with van der Waals surface area (Å²) in [5.74, 6) is 0. The molecule has 0 aromatic carbocycles. The van der Waals surface area contributed by atoms with Gasteiger partial charge in [0.2, 0.25) is 0 Å². The fourth-order valence-electron chi connectivity index (χ4n) is 0.758. The van der Waals surface area contributed by atoms with Crippen LogP contribution in [0.5, 0.6) is 0 Å². The Morgan fingerprint density at radius 2 is 2.60 bits per heavy atom. The highest BCUT2D eigenvalue weighted by molar-refractivity contribution is 7.16. The smallest absolute Gasteiger partial charge is 0.259 e. The molecule has 1 radical (unpaired) electrons. The van der Waals surface area contributed by atoms with Gasteiger partial charge in [0.25, 0.3) is 5.56 Å². The maximum Gasteiger partial charge on any atom is 0.259 e. The predicted octanol–water partition coefficient (Wildman–Crippen LogP) is 0.785. The molecular formula is C6H3N2OS. The molecule has 2 aromatic rings. The molecule has 0 aliphatic carbocycles. The maximum absolute atomic E-state index is 10.9. The van der Waals surface area contributed by atoms with E-state index in [1.54, 1.807) is 6.07 Å². The minimum Gasteiger partial charge on any atom is -0.303 e. The van der Waals surface area contributed by atoms with Crippen molar-refractivity contribution < 1.29 is 0 Å². The number of hydrogen-bond acceptors (Lipinski definition) is 3. The van der Waals surface area contributed by atoms with Gasteiger partial charge >= 0.3 is 0 Å². The van der Waals surface area contributed by atoms with Crippen molar-refractivity contribution in [1.82, 2.24) is 9.97 Å². The number of hydrogen-bond donors (Lipinski definition) is 1. The van der Waals surface area contributed by atoms with Crippen LogP contribution in [0.4, 0.5) is 0 Å². The Morgan fingerprint density at radius 3 is 3.40 bits per heavy atom. The number of fused-ring (bicyclic) bond motifs is 1. The number of rotatable bonds is 0. The van der Waals surface area contributed by atoms with Gasteiger partial charge in [-0.2, -0.15) is 0 Å². The fourth-order valence-corrected chi connectivity index (χ4v) is 1.48. The van der Waals surface area contributed by atoms with Gasteiger partial charge in [0, 0.05) is 0 Å². The standard InChI is InChI=1S/C6H3N2OS/c9-5-4-1-2-10-6(4)8-3-7-5/h1-2H,(H,7,8,9). The third-order valence-corrected chi connectivity index (χ3v) is 2.02. The van der Waals surface area contributed by atoms with Crippen LogP contribution in [-0.2, 0) is 0 Å². The first-order valence-corrected chi connectivity index (χ1v) is 3.59. The van der Waals surface area contributed by atoms with Gasteiger partial charge in [-0.3, -0.25) is 4.79 Å². The van der Waals surface area contributed by atoms with Gasteiger partial charge in [-0.1, -0.05) is 0 Å². The molecule has 4 heteroatoms. The van der Waals surface area contributed by atoms with Crippen LogP contribution in [0.1, 0.15) is 0 Å². The van der Waals surface area contributed by atoms with E-state index in [1.807, 2.05) is 5.38 Å². The van der Waals surface area contributed by atoms with E-state index in [1.165, 1.54) is 11.3 Å². The summed E-state index contributed by atoms with van der Waals surface area (Å²) in [6.45, 7) is 0. The first-order chi connectivity index (χ1) is 4.88. The van der Waals surface area contributed by atoms with Crippen LogP contribution in [0.3, 0.4) is 0 Å². The summed E-state index contributed by atoms with van der Waals surface area (Å²) < 4.78 is 0. The lowest BCUT2D eigenvalue weighted by molar-refractivity contribution is 1.16. The molecule has 0 fully saturated rings. The van der Waals surface area contributed by atoms with Gasteiger partial charge in [0.1, 0.15) is 4.83 Å². The second kappa shape index (κ2) is 1.91. The van der Waals surface area contributed by atoms with Crippen molar-refractivity contribution in [3.63, 3.8) is 0 Å². The number of nitrogens with one attached hydrogen (secondary N) is 1. The first-order valence-electron chi connectivity index (χ1n) is 2.71. The number of thiophene rings is 1. The average molecular weight is 151 g/mol. The Bertz CT molecular complexity index is 403. The van der Waals surface area contributed by atoms with Crippen LogP contribution in [0, 0.1) is 6.33 Å². The Labute approximate surface area is 60.4 Å². The first kappa shape index (κ1) is 5.61. The monoisotopic (exact) mass is 151 g/mol. The molecular weight excluding hydrogens is 148 g/mol. The number of nitrogens with zero attached hydrogens (tertiary/aromatic N) is 1. The molecule has 0 aliphatic heterocycles. The highest BCUT2D eigenvalue weighted by Crippen LogP contribution is 2.11. The highest BCUT2D eigenvalue weighted by atomic mass is 32.1. The zero-order valence-electron chi connectivity index (χ0n) is 4.92. The van der Waals surface area contributed by atoms with E-state index in [9.17, 15) is 4.79 Å². The summed E-state index contributed by atoms with van der Waals surface area (Å²) in [6, 6.07) is 1.75. The fraction of sp³-hybridized carbons (Fsp3) is 0. The molecule has 0 amide bonds. The number of H-pyrrole nitrogens is 1. The van der Waals surface area contributed by atoms with Gasteiger partial charge < -0.3 is 4.98 Å². The summed E-state index contributed by atoms with van der Waals surface area (Å²) in [7, 11) is 0. The van der Waals surface area contributed by atoms with E-state index in [0.29, 0.717) is 5.39 Å². The molecule has 2 rings (SSSR count). The Morgan fingerprint density at radius 1 is 1.70 bits per heavy atom. The minimum atomic E-state index is -0.119. The van der Waals surface area contributed by atoms with Gasteiger partial charge in [0.05, 0.1) is 5.39 Å². The van der Waals surface area contributed by atoms with E-state index in [2.05, 4.69) is 16.3 Å². The molecule has 0 bridgehead atoms. The van der Waals surface area contributed by atoms with Crippen LogP contribution in [0.2, 0.25) is 0 Å². The van der Waals surface area contributed by atoms with Crippen LogP contribution < -0.4 is 5.56 Å². The molecule has 2 aromatic heterocycles. The largest absolute Gasteiger partial charge is 0.303 e. The van der Waals surface area contributed by atoms with E-state index < -0.39 is 0 Å². The van der Waals surface area contributed by atoms with Crippen LogP contribution in [0.25, 0.3) is 10.2 Å². The summed E-state index contributed by atoms with van der Waals surface area (Å²) in [6.07, 6.45) is 2.41. The van der Waals surface area contributed by atoms with Gasteiger partial charge in [-0.25, -0.2) is 4.98 Å². The molecule has 0 aliphatic rings. The number of aromatic nitrogens is 2. The zero-order valence-corrected chi connectivity index (χ0v) is 5.73. The Kier molecular flexibility index (Phi) is 1.07. The molecule has 0 atom stereocenters. The molecule has 2 heterocycles. The lowest BCUT2D eigenvalue weighted by atomic mass is 10.4. The van der Waals surface area contributed by atoms with E-state index >= 15 is 0 Å². The quantitative estimate of drug-likeness (QED) is 0.605. The molecule has 0 spiro atoms. The summed E-state index contributed by atoms with van der Waals surface area (Å²) in [4.78, 5) is 17.9. The third kappa shape index (κ3) is 0.657. The summed E-state index contributed by atoms with van der Waals surface area (Å²) >= 11 is 1.44. The average Bonchev–Trinajstić information content (AvgIpc) is 2.36. The van der Waals surface area contributed by atoms with Crippen molar-refractivity contribution >= 4 is 21.6 Å². The van der Waals surface area contributed by atoms with E-state index in [0.717, 1.165) is 4.83 Å². The van der Waals surface area contributed by atoms with Crippen molar-refractivity contribution in [1.29, 1.82) is 0 Å². The Balaban J connectivity index is 3.09. The van der Waals surface area contributed by atoms with Crippen molar-refractivity contribution in [2.24, 2.45) is 0 Å². The van der Waals surface area contributed by atoms with Gasteiger partial charge in [-0.15, -0.1) is 11.3 Å².